The summed E-state index contributed by atoms with van der Waals surface area (Å²) in [4.78, 5) is 67.5. The molecule has 4 heterocycles. The zero-order valence-electron chi connectivity index (χ0n) is 27.5. The molecule has 1 unspecified atom stereocenters. The second kappa shape index (κ2) is 13.0. The van der Waals surface area contributed by atoms with Gasteiger partial charge in [-0.15, -0.1) is 0 Å². The first kappa shape index (κ1) is 35.4. The predicted octanol–water partition coefficient (Wildman–Crippen LogP) is 5.13. The van der Waals surface area contributed by atoms with Crippen molar-refractivity contribution in [3.05, 3.63) is 75.0 Å². The number of rotatable bonds is 10. The van der Waals surface area contributed by atoms with Gasteiger partial charge in [0.1, 0.15) is 29.2 Å². The summed E-state index contributed by atoms with van der Waals surface area (Å²) in [6.07, 6.45) is -3.34. The van der Waals surface area contributed by atoms with Crippen LogP contribution in [0.15, 0.2) is 52.2 Å². The number of hydrogen-bond donors (Lipinski definition) is 0. The minimum atomic E-state index is -4.79. The van der Waals surface area contributed by atoms with Crippen molar-refractivity contribution in [2.75, 3.05) is 4.90 Å². The molecule has 0 spiro atoms. The third-order valence-electron chi connectivity index (χ3n) is 8.44. The Morgan fingerprint density at radius 3 is 2.26 bits per heavy atom. The van der Waals surface area contributed by atoms with Crippen LogP contribution in [-0.2, 0) is 40.4 Å². The molecule has 0 saturated heterocycles. The molecule has 4 aromatic rings. The van der Waals surface area contributed by atoms with Gasteiger partial charge in [-0.1, -0.05) is 39.8 Å². The minimum Gasteiger partial charge on any atom is -0.409 e. The molecule has 4 rings (SSSR count). The number of carbonyl (C=O) groups excluding carboxylic acids is 2. The van der Waals surface area contributed by atoms with Crippen LogP contribution < -0.4 is 16.1 Å². The fraction of sp³-hybridized carbons (Fsp3) is 0.452. The van der Waals surface area contributed by atoms with Crippen LogP contribution in [0.1, 0.15) is 58.6 Å². The van der Waals surface area contributed by atoms with Crippen molar-refractivity contribution in [3.8, 4) is 0 Å². The average Bonchev–Trinajstić information content (AvgIpc) is 3.40. The summed E-state index contributed by atoms with van der Waals surface area (Å²) in [5.74, 6) is -1.39. The normalized spacial score (nSPS) is 13.2. The van der Waals surface area contributed by atoms with Crippen molar-refractivity contribution >= 4 is 42.8 Å². The second-order valence-corrected chi connectivity index (χ2v) is 17.5. The number of amides is 1. The lowest BCUT2D eigenvalue weighted by atomic mass is 10.2. The average molecular weight is 674 g/mol. The molecule has 0 radical (unpaired) electrons. The van der Waals surface area contributed by atoms with Gasteiger partial charge in [0.15, 0.2) is 25.3 Å². The summed E-state index contributed by atoms with van der Waals surface area (Å²) >= 11 is 0. The van der Waals surface area contributed by atoms with Gasteiger partial charge >= 0.3 is 11.9 Å². The van der Waals surface area contributed by atoms with E-state index in [1.165, 1.54) is 36.9 Å². The van der Waals surface area contributed by atoms with E-state index >= 15 is 0 Å². The van der Waals surface area contributed by atoms with Crippen molar-refractivity contribution in [2.45, 2.75) is 84.5 Å². The number of halogens is 3. The summed E-state index contributed by atoms with van der Waals surface area (Å²) in [5, 5.41) is -0.212. The molecule has 0 aliphatic heterocycles. The number of hydrogen-bond acceptors (Lipinski definition) is 8. The predicted molar refractivity (Wildman–Crippen MR) is 172 cm³/mol. The zero-order chi connectivity index (χ0) is 35.1. The number of Topliss-reactive ketones (excluding diaryl/α,β-unsaturated/α-hetero) is 1. The Morgan fingerprint density at radius 1 is 1.02 bits per heavy atom. The number of ketones is 1. The van der Waals surface area contributed by atoms with Crippen LogP contribution in [0.2, 0.25) is 18.1 Å². The largest absolute Gasteiger partial charge is 0.433 e. The second-order valence-electron chi connectivity index (χ2n) is 12.7. The van der Waals surface area contributed by atoms with Crippen molar-refractivity contribution in [2.24, 2.45) is 7.05 Å². The van der Waals surface area contributed by atoms with E-state index in [9.17, 15) is 32.3 Å². The number of alkyl halides is 3. The van der Waals surface area contributed by atoms with Gasteiger partial charge in [-0.25, -0.2) is 24.6 Å². The number of nitrogens with zero attached hydrogens (tertiary/aromatic N) is 7. The Morgan fingerprint density at radius 2 is 1.68 bits per heavy atom. The highest BCUT2D eigenvalue weighted by molar-refractivity contribution is 6.74. The molecule has 0 fully saturated rings. The van der Waals surface area contributed by atoms with Crippen LogP contribution in [0.25, 0.3) is 11.2 Å². The highest BCUT2D eigenvalue weighted by atomic mass is 28.4. The van der Waals surface area contributed by atoms with Crippen LogP contribution >= 0.6 is 0 Å². The number of fused-ring (bicyclic) bond motifs is 1. The maximum atomic E-state index is 14.5. The Labute approximate surface area is 270 Å². The van der Waals surface area contributed by atoms with Gasteiger partial charge in [0.05, 0.1) is 13.2 Å². The Balaban J connectivity index is 1.98. The van der Waals surface area contributed by atoms with Crippen LogP contribution in [0.3, 0.4) is 0 Å². The van der Waals surface area contributed by atoms with E-state index in [1.807, 2.05) is 33.9 Å². The van der Waals surface area contributed by atoms with Gasteiger partial charge in [-0.2, -0.15) is 13.2 Å². The zero-order valence-corrected chi connectivity index (χ0v) is 28.5. The van der Waals surface area contributed by atoms with Crippen molar-refractivity contribution in [1.82, 2.24) is 28.7 Å². The van der Waals surface area contributed by atoms with E-state index in [0.717, 1.165) is 26.2 Å². The molecule has 0 bridgehead atoms. The van der Waals surface area contributed by atoms with Gasteiger partial charge in [0.25, 0.3) is 11.5 Å². The van der Waals surface area contributed by atoms with Gasteiger partial charge in [-0.05, 0) is 49.3 Å². The lowest BCUT2D eigenvalue weighted by molar-refractivity contribution is -0.141. The standard InChI is InChI=1S/C31H38F3N7O5Si/c1-9-20(42)17-39-28(44)25-26(38(6)29(39)45)37-24(18-46-47(7,8)30(3,4)5)40(25)19(2)27(43)41(22-14-10-11-16-35-22)23-15-12-13-21(36-23)31(32,33)34/h10-16,19H,9,17-18H2,1-8H3. The number of aromatic nitrogens is 6. The first-order valence-electron chi connectivity index (χ1n) is 15.0. The van der Waals surface area contributed by atoms with Crippen LogP contribution in [0.5, 0.6) is 0 Å². The van der Waals surface area contributed by atoms with E-state index in [4.69, 9.17) is 4.43 Å². The Hall–Kier alpha value is -4.44. The fourth-order valence-electron chi connectivity index (χ4n) is 4.62. The molecular weight excluding hydrogens is 635 g/mol. The molecule has 1 amide bonds. The quantitative estimate of drug-likeness (QED) is 0.212. The summed E-state index contributed by atoms with van der Waals surface area (Å²) < 4.78 is 50.7. The highest BCUT2D eigenvalue weighted by Crippen LogP contribution is 2.38. The molecule has 12 nitrogen and oxygen atoms in total. The minimum absolute atomic E-state index is 0.0157. The summed E-state index contributed by atoms with van der Waals surface area (Å²) in [5.41, 5.74) is -3.03. The van der Waals surface area contributed by atoms with Crippen LogP contribution in [-0.4, -0.2) is 48.7 Å². The summed E-state index contributed by atoms with van der Waals surface area (Å²) in [6.45, 7) is 12.5. The lowest BCUT2D eigenvalue weighted by Crippen LogP contribution is -2.42. The van der Waals surface area contributed by atoms with E-state index in [-0.39, 0.29) is 52.5 Å². The van der Waals surface area contributed by atoms with E-state index in [2.05, 4.69) is 15.0 Å². The molecular formula is C31H38F3N7O5Si. The molecule has 16 heteroatoms. The maximum absolute atomic E-state index is 14.5. The van der Waals surface area contributed by atoms with Crippen molar-refractivity contribution in [1.29, 1.82) is 0 Å². The summed E-state index contributed by atoms with van der Waals surface area (Å²) in [6, 6.07) is 6.43. The number of carbonyl (C=O) groups is 2. The highest BCUT2D eigenvalue weighted by Gasteiger charge is 2.39. The Bertz CT molecular complexity index is 1930. The molecule has 0 saturated carbocycles. The Kier molecular flexibility index (Phi) is 9.78. The first-order chi connectivity index (χ1) is 21.8. The van der Waals surface area contributed by atoms with E-state index in [1.54, 1.807) is 19.1 Å². The molecule has 0 aliphatic carbocycles. The van der Waals surface area contributed by atoms with Crippen LogP contribution in [0, 0.1) is 0 Å². The fourth-order valence-corrected chi connectivity index (χ4v) is 5.55. The molecule has 47 heavy (non-hydrogen) atoms. The van der Waals surface area contributed by atoms with Gasteiger partial charge in [-0.3, -0.25) is 23.5 Å². The molecule has 1 atom stereocenters. The summed E-state index contributed by atoms with van der Waals surface area (Å²) in [7, 11) is -1.03. The maximum Gasteiger partial charge on any atom is 0.433 e. The number of pyridine rings is 2. The van der Waals surface area contributed by atoms with Gasteiger partial charge in [0, 0.05) is 19.7 Å². The molecule has 252 valence electrons. The third-order valence-corrected chi connectivity index (χ3v) is 12.9. The molecule has 0 aromatic carbocycles. The number of imidazole rings is 1. The van der Waals surface area contributed by atoms with Crippen molar-refractivity contribution in [3.63, 3.8) is 0 Å². The smallest absolute Gasteiger partial charge is 0.409 e. The topological polar surface area (TPSA) is 134 Å². The van der Waals surface area contributed by atoms with Gasteiger partial charge in [0.2, 0.25) is 0 Å². The van der Waals surface area contributed by atoms with Gasteiger partial charge < -0.3 is 8.99 Å². The monoisotopic (exact) mass is 673 g/mol. The van der Waals surface area contributed by atoms with E-state index < -0.39 is 49.9 Å². The van der Waals surface area contributed by atoms with Crippen LogP contribution in [0.4, 0.5) is 24.8 Å². The molecule has 0 N–H and O–H groups in total. The SMILES string of the molecule is CCC(=O)Cn1c(=O)c2c(nc(CO[Si](C)(C)C(C)(C)C)n2C(C)C(=O)N(c2ccccn2)c2cccc(C(F)(F)F)n2)n(C)c1=O. The molecule has 0 aliphatic rings. The first-order valence-corrected chi connectivity index (χ1v) is 17.9. The lowest BCUT2D eigenvalue weighted by Gasteiger charge is -2.36. The third kappa shape index (κ3) is 6.97. The number of aryl methyl sites for hydroxylation is 1. The van der Waals surface area contributed by atoms with Crippen molar-refractivity contribution < 1.29 is 27.2 Å². The van der Waals surface area contributed by atoms with E-state index in [0.29, 0.717) is 0 Å². The molecule has 4 aromatic heterocycles. The number of anilines is 2.